The summed E-state index contributed by atoms with van der Waals surface area (Å²) in [5.41, 5.74) is 0.726. The molecular weight excluding hydrogens is 418 g/mol. The van der Waals surface area contributed by atoms with E-state index >= 15 is 0 Å². The van der Waals surface area contributed by atoms with Gasteiger partial charge in [0, 0.05) is 5.69 Å². The molecule has 31 heavy (non-hydrogen) atoms. The summed E-state index contributed by atoms with van der Waals surface area (Å²) >= 11 is 1.12. The van der Waals surface area contributed by atoms with Gasteiger partial charge in [0.1, 0.15) is 21.5 Å². The number of thiophene rings is 1. The van der Waals surface area contributed by atoms with Crippen molar-refractivity contribution in [3.8, 4) is 5.75 Å². The number of aromatic nitrogens is 2. The summed E-state index contributed by atoms with van der Waals surface area (Å²) in [6.07, 6.45) is 1.34. The number of hydrogen-bond donors (Lipinski definition) is 1. The lowest BCUT2D eigenvalue weighted by atomic mass is 10.2. The molecule has 0 saturated carbocycles. The van der Waals surface area contributed by atoms with Gasteiger partial charge >= 0.3 is 5.97 Å². The smallest absolute Gasteiger partial charge is 0.348 e. The summed E-state index contributed by atoms with van der Waals surface area (Å²) in [6.45, 7) is 7.51. The second-order valence-electron chi connectivity index (χ2n) is 7.58. The molecule has 1 atom stereocenters. The van der Waals surface area contributed by atoms with Crippen LogP contribution in [0.25, 0.3) is 10.2 Å². The van der Waals surface area contributed by atoms with Crippen LogP contribution in [-0.4, -0.2) is 35.1 Å². The predicted molar refractivity (Wildman–Crippen MR) is 120 cm³/mol. The van der Waals surface area contributed by atoms with E-state index in [2.05, 4.69) is 10.3 Å². The molecule has 0 fully saturated rings. The van der Waals surface area contributed by atoms with Crippen molar-refractivity contribution >= 4 is 39.1 Å². The Morgan fingerprint density at radius 2 is 1.87 bits per heavy atom. The van der Waals surface area contributed by atoms with Crippen LogP contribution in [0.3, 0.4) is 0 Å². The molecular formula is C22H25N3O5S. The molecule has 0 aliphatic carbocycles. The third-order valence-electron chi connectivity index (χ3n) is 4.76. The van der Waals surface area contributed by atoms with Crippen LogP contribution in [0.2, 0.25) is 0 Å². The molecule has 3 rings (SSSR count). The SMILES string of the molecule is COc1ccc(NC(=O)C(C)n2cnc3sc(C(=O)OCC(C)C)c(C)c3c2=O)cc1. The van der Waals surface area contributed by atoms with Gasteiger partial charge in [0.2, 0.25) is 5.91 Å². The van der Waals surface area contributed by atoms with Gasteiger partial charge in [-0.25, -0.2) is 9.78 Å². The zero-order valence-corrected chi connectivity index (χ0v) is 18.9. The standard InChI is InChI=1S/C22H25N3O5S/c1-12(2)10-30-22(28)18-13(3)17-20(31-18)23-11-25(21(17)27)14(4)19(26)24-15-6-8-16(29-5)9-7-15/h6-9,11-12,14H,10H2,1-5H3,(H,24,26). The number of aryl methyl sites for hydroxylation is 1. The molecule has 164 valence electrons. The molecule has 2 heterocycles. The Kier molecular flexibility index (Phi) is 6.74. The van der Waals surface area contributed by atoms with E-state index in [1.165, 1.54) is 10.9 Å². The third-order valence-corrected chi connectivity index (χ3v) is 5.94. The predicted octanol–water partition coefficient (Wildman–Crippen LogP) is 3.79. The number of nitrogens with one attached hydrogen (secondary N) is 1. The van der Waals surface area contributed by atoms with Crippen LogP contribution in [0.1, 0.15) is 42.0 Å². The Balaban J connectivity index is 1.87. The zero-order valence-electron chi connectivity index (χ0n) is 18.1. The van der Waals surface area contributed by atoms with Gasteiger partial charge in [0.25, 0.3) is 5.56 Å². The Morgan fingerprint density at radius 3 is 2.48 bits per heavy atom. The normalized spacial score (nSPS) is 12.1. The van der Waals surface area contributed by atoms with Gasteiger partial charge in [-0.3, -0.25) is 14.2 Å². The molecule has 8 nitrogen and oxygen atoms in total. The minimum Gasteiger partial charge on any atom is -0.497 e. The van der Waals surface area contributed by atoms with E-state index < -0.39 is 12.0 Å². The van der Waals surface area contributed by atoms with Gasteiger partial charge in [-0.2, -0.15) is 0 Å². The topological polar surface area (TPSA) is 99.5 Å². The van der Waals surface area contributed by atoms with Crippen molar-refractivity contribution in [2.75, 3.05) is 19.0 Å². The number of hydrogen-bond acceptors (Lipinski definition) is 7. The van der Waals surface area contributed by atoms with Gasteiger partial charge in [0.15, 0.2) is 0 Å². The molecule has 1 aromatic carbocycles. The Hall–Kier alpha value is -3.20. The van der Waals surface area contributed by atoms with E-state index in [4.69, 9.17) is 9.47 Å². The maximum absolute atomic E-state index is 13.1. The van der Waals surface area contributed by atoms with Crippen molar-refractivity contribution in [1.29, 1.82) is 0 Å². The number of nitrogens with zero attached hydrogens (tertiary/aromatic N) is 2. The molecule has 1 amide bonds. The maximum Gasteiger partial charge on any atom is 0.348 e. The highest BCUT2D eigenvalue weighted by Crippen LogP contribution is 2.28. The number of carbonyl (C=O) groups is 2. The highest BCUT2D eigenvalue weighted by atomic mass is 32.1. The molecule has 2 aromatic heterocycles. The molecule has 9 heteroatoms. The number of rotatable bonds is 7. The van der Waals surface area contributed by atoms with Crippen LogP contribution in [0.5, 0.6) is 5.75 Å². The van der Waals surface area contributed by atoms with E-state index in [9.17, 15) is 14.4 Å². The number of ether oxygens (including phenoxy) is 2. The fourth-order valence-electron chi connectivity index (χ4n) is 2.96. The summed E-state index contributed by atoms with van der Waals surface area (Å²) in [5, 5.41) is 3.11. The first kappa shape index (κ1) is 22.5. The van der Waals surface area contributed by atoms with Crippen LogP contribution in [-0.2, 0) is 9.53 Å². The van der Waals surface area contributed by atoms with Crippen LogP contribution >= 0.6 is 11.3 Å². The summed E-state index contributed by atoms with van der Waals surface area (Å²) in [6, 6.07) is 6.09. The average Bonchev–Trinajstić information content (AvgIpc) is 3.09. The molecule has 0 bridgehead atoms. The second kappa shape index (κ2) is 9.30. The average molecular weight is 444 g/mol. The molecule has 0 aliphatic heterocycles. The van der Waals surface area contributed by atoms with Crippen molar-refractivity contribution in [2.45, 2.75) is 33.7 Å². The van der Waals surface area contributed by atoms with Crippen molar-refractivity contribution in [3.05, 3.63) is 51.4 Å². The lowest BCUT2D eigenvalue weighted by molar-refractivity contribution is -0.118. The van der Waals surface area contributed by atoms with Gasteiger partial charge in [0.05, 0.1) is 25.4 Å². The van der Waals surface area contributed by atoms with E-state index in [-0.39, 0.29) is 17.4 Å². The molecule has 0 saturated heterocycles. The number of esters is 1. The summed E-state index contributed by atoms with van der Waals surface area (Å²) in [4.78, 5) is 43.3. The number of carbonyl (C=O) groups excluding carboxylic acids is 2. The van der Waals surface area contributed by atoms with Crippen LogP contribution in [0, 0.1) is 12.8 Å². The van der Waals surface area contributed by atoms with Crippen LogP contribution < -0.4 is 15.6 Å². The Bertz CT molecular complexity index is 1160. The minimum atomic E-state index is -0.804. The maximum atomic E-state index is 13.1. The zero-order chi connectivity index (χ0) is 22.7. The summed E-state index contributed by atoms with van der Waals surface area (Å²) in [7, 11) is 1.56. The number of anilines is 1. The van der Waals surface area contributed by atoms with Gasteiger partial charge in [-0.15, -0.1) is 11.3 Å². The summed E-state index contributed by atoms with van der Waals surface area (Å²) in [5.74, 6) is 0.0509. The largest absolute Gasteiger partial charge is 0.497 e. The summed E-state index contributed by atoms with van der Waals surface area (Å²) < 4.78 is 11.7. The number of fused-ring (bicyclic) bond motifs is 1. The lowest BCUT2D eigenvalue weighted by Crippen LogP contribution is -2.31. The van der Waals surface area contributed by atoms with E-state index in [0.717, 1.165) is 11.3 Å². The molecule has 0 radical (unpaired) electrons. The molecule has 0 aliphatic rings. The van der Waals surface area contributed by atoms with Crippen molar-refractivity contribution in [3.63, 3.8) is 0 Å². The highest BCUT2D eigenvalue weighted by molar-refractivity contribution is 7.20. The van der Waals surface area contributed by atoms with Gasteiger partial charge in [-0.05, 0) is 49.6 Å². The second-order valence-corrected chi connectivity index (χ2v) is 8.58. The lowest BCUT2D eigenvalue weighted by Gasteiger charge is -2.15. The fraction of sp³-hybridized carbons (Fsp3) is 0.364. The van der Waals surface area contributed by atoms with Crippen molar-refractivity contribution in [1.82, 2.24) is 9.55 Å². The first-order chi connectivity index (χ1) is 14.7. The highest BCUT2D eigenvalue weighted by Gasteiger charge is 2.23. The first-order valence-corrected chi connectivity index (χ1v) is 10.7. The van der Waals surface area contributed by atoms with Crippen molar-refractivity contribution < 1.29 is 19.1 Å². The van der Waals surface area contributed by atoms with Gasteiger partial charge < -0.3 is 14.8 Å². The minimum absolute atomic E-state index is 0.207. The molecule has 3 aromatic rings. The fourth-order valence-corrected chi connectivity index (χ4v) is 4.00. The first-order valence-electron chi connectivity index (χ1n) is 9.85. The quantitative estimate of drug-likeness (QED) is 0.558. The van der Waals surface area contributed by atoms with Crippen molar-refractivity contribution in [2.24, 2.45) is 5.92 Å². The number of methoxy groups -OCH3 is 1. The number of benzene rings is 1. The number of amides is 1. The molecule has 1 N–H and O–H groups in total. The van der Waals surface area contributed by atoms with Crippen LogP contribution in [0.15, 0.2) is 35.4 Å². The third kappa shape index (κ3) is 4.77. The monoisotopic (exact) mass is 443 g/mol. The van der Waals surface area contributed by atoms with E-state index in [1.807, 2.05) is 13.8 Å². The van der Waals surface area contributed by atoms with Gasteiger partial charge in [-0.1, -0.05) is 13.8 Å². The van der Waals surface area contributed by atoms with E-state index in [1.54, 1.807) is 45.2 Å². The Labute approximate surface area is 183 Å². The molecule has 1 unspecified atom stereocenters. The molecule has 0 spiro atoms. The van der Waals surface area contributed by atoms with Crippen LogP contribution in [0.4, 0.5) is 5.69 Å². The Morgan fingerprint density at radius 1 is 1.19 bits per heavy atom. The van der Waals surface area contributed by atoms with E-state index in [0.29, 0.717) is 38.7 Å².